The summed E-state index contributed by atoms with van der Waals surface area (Å²) >= 11 is 0. The van der Waals surface area contributed by atoms with Gasteiger partial charge in [0.1, 0.15) is 6.61 Å². The summed E-state index contributed by atoms with van der Waals surface area (Å²) in [4.78, 5) is 12.0. The molecule has 1 aromatic carbocycles. The first kappa shape index (κ1) is 13.7. The quantitative estimate of drug-likeness (QED) is 0.806. The Bertz CT molecular complexity index is 673. The van der Waals surface area contributed by atoms with Crippen LogP contribution >= 0.6 is 0 Å². The first-order chi connectivity index (χ1) is 9.70. The molecule has 0 unspecified atom stereocenters. The minimum absolute atomic E-state index is 0.174. The highest BCUT2D eigenvalue weighted by Crippen LogP contribution is 2.17. The SMILES string of the molecule is Cc1cc(C#CCO)ccc1NC(=O)c1ccnnc1. The summed E-state index contributed by atoms with van der Waals surface area (Å²) in [6.07, 6.45) is 2.88. The lowest BCUT2D eigenvalue weighted by Crippen LogP contribution is -2.13. The lowest BCUT2D eigenvalue weighted by molar-refractivity contribution is 0.102. The van der Waals surface area contributed by atoms with Gasteiger partial charge in [0.2, 0.25) is 0 Å². The van der Waals surface area contributed by atoms with Crippen LogP contribution in [-0.4, -0.2) is 27.8 Å². The molecule has 0 saturated carbocycles. The van der Waals surface area contributed by atoms with Crippen LogP contribution in [0.4, 0.5) is 5.69 Å². The molecule has 0 saturated heterocycles. The van der Waals surface area contributed by atoms with Gasteiger partial charge in [0.15, 0.2) is 0 Å². The van der Waals surface area contributed by atoms with E-state index in [1.807, 2.05) is 13.0 Å². The molecule has 5 nitrogen and oxygen atoms in total. The number of nitrogens with one attached hydrogen (secondary N) is 1. The van der Waals surface area contributed by atoms with Crippen molar-refractivity contribution in [2.24, 2.45) is 0 Å². The molecule has 100 valence electrons. The fourth-order valence-electron chi connectivity index (χ4n) is 1.64. The number of aromatic nitrogens is 2. The van der Waals surface area contributed by atoms with Crippen molar-refractivity contribution in [3.8, 4) is 11.8 Å². The van der Waals surface area contributed by atoms with Gasteiger partial charge >= 0.3 is 0 Å². The Kier molecular flexibility index (Phi) is 4.43. The average molecular weight is 267 g/mol. The molecule has 20 heavy (non-hydrogen) atoms. The molecule has 1 aromatic heterocycles. The molecule has 0 radical (unpaired) electrons. The number of carbonyl (C=O) groups is 1. The highest BCUT2D eigenvalue weighted by molar-refractivity contribution is 6.04. The molecule has 5 heteroatoms. The largest absolute Gasteiger partial charge is 0.384 e. The van der Waals surface area contributed by atoms with Crippen LogP contribution in [0.2, 0.25) is 0 Å². The zero-order valence-corrected chi connectivity index (χ0v) is 10.9. The maximum Gasteiger partial charge on any atom is 0.257 e. The van der Waals surface area contributed by atoms with Crippen molar-refractivity contribution >= 4 is 11.6 Å². The van der Waals surface area contributed by atoms with Crippen LogP contribution in [0.1, 0.15) is 21.5 Å². The second kappa shape index (κ2) is 6.45. The maximum atomic E-state index is 12.0. The summed E-state index contributed by atoms with van der Waals surface area (Å²) in [6, 6.07) is 7.02. The van der Waals surface area contributed by atoms with E-state index in [1.54, 1.807) is 18.2 Å². The first-order valence-corrected chi connectivity index (χ1v) is 5.99. The molecule has 0 aliphatic carbocycles. The van der Waals surface area contributed by atoms with Gasteiger partial charge in [-0.2, -0.15) is 10.2 Å². The van der Waals surface area contributed by atoms with Crippen LogP contribution < -0.4 is 5.32 Å². The molecule has 0 bridgehead atoms. The normalized spacial score (nSPS) is 9.50. The number of amides is 1. The molecule has 2 aromatic rings. The van der Waals surface area contributed by atoms with Crippen LogP contribution in [0.3, 0.4) is 0 Å². The Morgan fingerprint density at radius 2 is 2.20 bits per heavy atom. The average Bonchev–Trinajstić information content (AvgIpc) is 2.48. The first-order valence-electron chi connectivity index (χ1n) is 5.99. The van der Waals surface area contributed by atoms with Gasteiger partial charge in [-0.3, -0.25) is 4.79 Å². The van der Waals surface area contributed by atoms with E-state index in [0.717, 1.165) is 11.1 Å². The molecule has 1 heterocycles. The second-order valence-corrected chi connectivity index (χ2v) is 4.07. The highest BCUT2D eigenvalue weighted by atomic mass is 16.2. The zero-order chi connectivity index (χ0) is 14.4. The van der Waals surface area contributed by atoms with E-state index in [9.17, 15) is 4.79 Å². The van der Waals surface area contributed by atoms with Gasteiger partial charge in [0.05, 0.1) is 18.0 Å². The number of anilines is 1. The zero-order valence-electron chi connectivity index (χ0n) is 10.9. The summed E-state index contributed by atoms with van der Waals surface area (Å²) in [5.41, 5.74) is 2.84. The van der Waals surface area contributed by atoms with E-state index >= 15 is 0 Å². The standard InChI is InChI=1S/C15H13N3O2/c1-11-9-12(3-2-8-19)4-5-14(11)18-15(20)13-6-7-16-17-10-13/h4-7,9-10,19H,8H2,1H3,(H,18,20). The lowest BCUT2D eigenvalue weighted by Gasteiger charge is -2.08. The van der Waals surface area contributed by atoms with Gasteiger partial charge in [-0.05, 0) is 36.8 Å². The number of nitrogens with zero attached hydrogens (tertiary/aromatic N) is 2. The minimum atomic E-state index is -0.239. The predicted molar refractivity (Wildman–Crippen MR) is 75.1 cm³/mol. The van der Waals surface area contributed by atoms with E-state index in [1.165, 1.54) is 12.4 Å². The molecular weight excluding hydrogens is 254 g/mol. The molecule has 0 aliphatic rings. The molecule has 1 amide bonds. The number of aliphatic hydroxyl groups excluding tert-OH is 1. The summed E-state index contributed by atoms with van der Waals surface area (Å²) in [5, 5.41) is 18.8. The third-order valence-corrected chi connectivity index (χ3v) is 2.63. The maximum absolute atomic E-state index is 12.0. The second-order valence-electron chi connectivity index (χ2n) is 4.07. The Hall–Kier alpha value is -2.71. The monoisotopic (exact) mass is 267 g/mol. The van der Waals surface area contributed by atoms with Crippen molar-refractivity contribution in [1.29, 1.82) is 0 Å². The predicted octanol–water partition coefficient (Wildman–Crippen LogP) is 1.38. The smallest absolute Gasteiger partial charge is 0.257 e. The number of hydrogen-bond donors (Lipinski definition) is 2. The van der Waals surface area contributed by atoms with Crippen LogP contribution in [0.15, 0.2) is 36.7 Å². The molecule has 2 rings (SSSR count). The van der Waals surface area contributed by atoms with Crippen molar-refractivity contribution in [3.05, 3.63) is 53.3 Å². The summed E-state index contributed by atoms with van der Waals surface area (Å²) in [5.74, 6) is 5.16. The van der Waals surface area contributed by atoms with E-state index in [4.69, 9.17) is 5.11 Å². The van der Waals surface area contributed by atoms with Gasteiger partial charge in [-0.1, -0.05) is 11.8 Å². The van der Waals surface area contributed by atoms with Crippen molar-refractivity contribution in [2.75, 3.05) is 11.9 Å². The topological polar surface area (TPSA) is 75.1 Å². The molecule has 0 atom stereocenters. The molecule has 0 aliphatic heterocycles. The van der Waals surface area contributed by atoms with Crippen molar-refractivity contribution in [3.63, 3.8) is 0 Å². The third kappa shape index (κ3) is 3.40. The fourth-order valence-corrected chi connectivity index (χ4v) is 1.64. The van der Waals surface area contributed by atoms with Crippen LogP contribution in [0, 0.1) is 18.8 Å². The number of aryl methyl sites for hydroxylation is 1. The number of benzene rings is 1. The van der Waals surface area contributed by atoms with Crippen molar-refractivity contribution in [2.45, 2.75) is 6.92 Å². The van der Waals surface area contributed by atoms with Crippen molar-refractivity contribution in [1.82, 2.24) is 10.2 Å². The molecular formula is C15H13N3O2. The molecule has 0 fully saturated rings. The van der Waals surface area contributed by atoms with Crippen molar-refractivity contribution < 1.29 is 9.90 Å². The van der Waals surface area contributed by atoms with Crippen LogP contribution in [0.5, 0.6) is 0 Å². The van der Waals surface area contributed by atoms with Gasteiger partial charge < -0.3 is 10.4 Å². The molecule has 0 spiro atoms. The number of aliphatic hydroxyl groups is 1. The Morgan fingerprint density at radius 3 is 2.85 bits per heavy atom. The fraction of sp³-hybridized carbons (Fsp3) is 0.133. The van der Waals surface area contributed by atoms with Gasteiger partial charge in [-0.25, -0.2) is 0 Å². The number of hydrogen-bond acceptors (Lipinski definition) is 4. The summed E-state index contributed by atoms with van der Waals surface area (Å²) < 4.78 is 0. The Labute approximate surface area is 116 Å². The lowest BCUT2D eigenvalue weighted by atomic mass is 10.1. The van der Waals surface area contributed by atoms with E-state index in [2.05, 4.69) is 27.4 Å². The summed E-state index contributed by atoms with van der Waals surface area (Å²) in [7, 11) is 0. The van der Waals surface area contributed by atoms with Gasteiger partial charge in [0.25, 0.3) is 5.91 Å². The van der Waals surface area contributed by atoms with E-state index in [-0.39, 0.29) is 12.5 Å². The molecule has 2 N–H and O–H groups in total. The highest BCUT2D eigenvalue weighted by Gasteiger charge is 2.07. The van der Waals surface area contributed by atoms with Crippen LogP contribution in [-0.2, 0) is 0 Å². The Balaban J connectivity index is 2.16. The Morgan fingerprint density at radius 1 is 1.35 bits per heavy atom. The van der Waals surface area contributed by atoms with Crippen LogP contribution in [0.25, 0.3) is 0 Å². The minimum Gasteiger partial charge on any atom is -0.384 e. The number of carbonyl (C=O) groups excluding carboxylic acids is 1. The number of rotatable bonds is 2. The third-order valence-electron chi connectivity index (χ3n) is 2.63. The van der Waals surface area contributed by atoms with E-state index < -0.39 is 0 Å². The van der Waals surface area contributed by atoms with E-state index in [0.29, 0.717) is 11.3 Å². The van der Waals surface area contributed by atoms with Gasteiger partial charge in [0, 0.05) is 11.3 Å². The summed E-state index contributed by atoms with van der Waals surface area (Å²) in [6.45, 7) is 1.71. The van der Waals surface area contributed by atoms with Gasteiger partial charge in [-0.15, -0.1) is 0 Å².